The number of benzene rings is 3. The Labute approximate surface area is 260 Å². The number of hydrogen-bond donors (Lipinski definition) is 1. The van der Waals surface area contributed by atoms with Crippen molar-refractivity contribution in [1.29, 1.82) is 0 Å². The molecule has 1 atom stereocenters. The molecule has 0 saturated heterocycles. The topological polar surface area (TPSA) is 96.0 Å². The fraction of sp³-hybridized carbons (Fsp3) is 0.394. The van der Waals surface area contributed by atoms with Crippen LogP contribution in [0, 0.1) is 0 Å². The minimum atomic E-state index is -3.86. The molecular weight excluding hydrogens is 586 g/mol. The van der Waals surface area contributed by atoms with E-state index < -0.39 is 28.5 Å². The Kier molecular flexibility index (Phi) is 11.5. The molecule has 8 nitrogen and oxygen atoms in total. The number of sulfonamides is 1. The number of anilines is 1. The third-order valence-corrected chi connectivity index (χ3v) is 9.15. The average Bonchev–Trinajstić information content (AvgIpc) is 2.99. The molecule has 43 heavy (non-hydrogen) atoms. The highest BCUT2D eigenvalue weighted by Gasteiger charge is 2.34. The second-order valence-electron chi connectivity index (χ2n) is 10.9. The van der Waals surface area contributed by atoms with Crippen LogP contribution in [0.3, 0.4) is 0 Å². The summed E-state index contributed by atoms with van der Waals surface area (Å²) in [4.78, 5) is 29.7. The van der Waals surface area contributed by atoms with Crippen molar-refractivity contribution in [3.63, 3.8) is 0 Å². The molecule has 1 unspecified atom stereocenters. The zero-order valence-corrected chi connectivity index (χ0v) is 26.3. The van der Waals surface area contributed by atoms with Gasteiger partial charge in [-0.05, 0) is 61.2 Å². The number of nitrogens with one attached hydrogen (secondary N) is 1. The summed E-state index contributed by atoms with van der Waals surface area (Å²) < 4.78 is 32.5. The number of ether oxygens (including phenoxy) is 1. The molecule has 230 valence electrons. The van der Waals surface area contributed by atoms with E-state index in [1.165, 1.54) is 4.90 Å². The van der Waals surface area contributed by atoms with Crippen LogP contribution in [0.2, 0.25) is 5.02 Å². The van der Waals surface area contributed by atoms with Gasteiger partial charge in [-0.15, -0.1) is 0 Å². The minimum Gasteiger partial charge on any atom is -0.494 e. The molecule has 0 aliphatic heterocycles. The number of carbonyl (C=O) groups excluding carboxylic acids is 2. The monoisotopic (exact) mass is 625 g/mol. The van der Waals surface area contributed by atoms with Crippen molar-refractivity contribution < 1.29 is 22.7 Å². The lowest BCUT2D eigenvalue weighted by Gasteiger charge is -2.35. The Balaban J connectivity index is 1.71. The van der Waals surface area contributed by atoms with E-state index in [9.17, 15) is 18.0 Å². The Bertz CT molecular complexity index is 1460. The molecule has 0 radical (unpaired) electrons. The van der Waals surface area contributed by atoms with Crippen molar-refractivity contribution in [2.75, 3.05) is 23.7 Å². The van der Waals surface area contributed by atoms with Crippen molar-refractivity contribution in [3.8, 4) is 5.75 Å². The molecule has 0 aromatic heterocycles. The van der Waals surface area contributed by atoms with Crippen LogP contribution in [0.4, 0.5) is 5.69 Å². The largest absolute Gasteiger partial charge is 0.494 e. The molecule has 4 rings (SSSR count). The number of nitrogens with zero attached hydrogens (tertiary/aromatic N) is 2. The van der Waals surface area contributed by atoms with Crippen LogP contribution >= 0.6 is 11.6 Å². The van der Waals surface area contributed by atoms with Gasteiger partial charge in [-0.1, -0.05) is 79.4 Å². The molecule has 1 N–H and O–H groups in total. The van der Waals surface area contributed by atoms with Gasteiger partial charge in [0.2, 0.25) is 21.8 Å². The van der Waals surface area contributed by atoms with Gasteiger partial charge in [-0.25, -0.2) is 8.42 Å². The highest BCUT2D eigenvalue weighted by atomic mass is 35.5. The van der Waals surface area contributed by atoms with E-state index in [1.54, 1.807) is 36.4 Å². The van der Waals surface area contributed by atoms with Gasteiger partial charge in [0.25, 0.3) is 0 Å². The fourth-order valence-electron chi connectivity index (χ4n) is 5.40. The van der Waals surface area contributed by atoms with Gasteiger partial charge in [0.1, 0.15) is 18.3 Å². The maximum Gasteiger partial charge on any atom is 0.244 e. The first-order chi connectivity index (χ1) is 20.7. The quantitative estimate of drug-likeness (QED) is 0.267. The van der Waals surface area contributed by atoms with Crippen molar-refractivity contribution in [2.24, 2.45) is 0 Å². The van der Waals surface area contributed by atoms with E-state index in [4.69, 9.17) is 16.3 Å². The molecule has 2 amide bonds. The maximum atomic E-state index is 14.3. The molecule has 1 fully saturated rings. The summed E-state index contributed by atoms with van der Waals surface area (Å²) >= 11 is 6.53. The third kappa shape index (κ3) is 9.21. The number of amides is 2. The summed E-state index contributed by atoms with van der Waals surface area (Å²) in [6, 6.07) is 22.4. The highest BCUT2D eigenvalue weighted by Crippen LogP contribution is 2.25. The fourth-order valence-corrected chi connectivity index (χ4v) is 6.44. The summed E-state index contributed by atoms with van der Waals surface area (Å²) in [7, 11) is -3.86. The summed E-state index contributed by atoms with van der Waals surface area (Å²) in [6.45, 7) is 1.88. The minimum absolute atomic E-state index is 0.0353. The molecule has 1 saturated carbocycles. The lowest BCUT2D eigenvalue weighted by atomic mass is 9.94. The molecule has 0 bridgehead atoms. The molecule has 0 heterocycles. The molecule has 3 aromatic carbocycles. The van der Waals surface area contributed by atoms with Gasteiger partial charge in [-0.2, -0.15) is 0 Å². The van der Waals surface area contributed by atoms with E-state index in [-0.39, 0.29) is 24.9 Å². The smallest absolute Gasteiger partial charge is 0.244 e. The van der Waals surface area contributed by atoms with Crippen LogP contribution in [0.5, 0.6) is 5.75 Å². The molecule has 3 aromatic rings. The molecule has 1 aliphatic rings. The Morgan fingerprint density at radius 3 is 2.23 bits per heavy atom. The van der Waals surface area contributed by atoms with Gasteiger partial charge in [0, 0.05) is 24.0 Å². The van der Waals surface area contributed by atoms with Crippen LogP contribution in [0.25, 0.3) is 0 Å². The SMILES string of the molecule is CCOc1ccc(N(CC(=O)N(Cc2ccccc2Cl)C(Cc2ccccc2)C(=O)NC2CCCCC2)S(C)(=O)=O)cc1. The maximum absolute atomic E-state index is 14.3. The predicted molar refractivity (Wildman–Crippen MR) is 171 cm³/mol. The lowest BCUT2D eigenvalue weighted by Crippen LogP contribution is -2.55. The first-order valence-electron chi connectivity index (χ1n) is 14.7. The van der Waals surface area contributed by atoms with E-state index in [0.29, 0.717) is 28.6 Å². The second kappa shape index (κ2) is 15.3. The molecule has 1 aliphatic carbocycles. The molecular formula is C33H40ClN3O5S. The van der Waals surface area contributed by atoms with Gasteiger partial charge in [-0.3, -0.25) is 13.9 Å². The number of carbonyl (C=O) groups is 2. The number of hydrogen-bond acceptors (Lipinski definition) is 5. The third-order valence-electron chi connectivity index (χ3n) is 7.64. The Morgan fingerprint density at radius 2 is 1.60 bits per heavy atom. The van der Waals surface area contributed by atoms with Gasteiger partial charge in [0.15, 0.2) is 0 Å². The normalized spacial score (nSPS) is 14.5. The van der Waals surface area contributed by atoms with Crippen LogP contribution in [0.15, 0.2) is 78.9 Å². The molecule has 10 heteroatoms. The summed E-state index contributed by atoms with van der Waals surface area (Å²) in [6.07, 6.45) is 6.33. The second-order valence-corrected chi connectivity index (χ2v) is 13.2. The van der Waals surface area contributed by atoms with Crippen molar-refractivity contribution in [3.05, 3.63) is 95.0 Å². The van der Waals surface area contributed by atoms with Gasteiger partial charge >= 0.3 is 0 Å². The first kappa shape index (κ1) is 32.4. The summed E-state index contributed by atoms with van der Waals surface area (Å²) in [5.41, 5.74) is 1.87. The zero-order valence-electron chi connectivity index (χ0n) is 24.7. The van der Waals surface area contributed by atoms with Crippen LogP contribution < -0.4 is 14.4 Å². The Morgan fingerprint density at radius 1 is 0.953 bits per heavy atom. The Hall–Kier alpha value is -3.56. The number of halogens is 1. The van der Waals surface area contributed by atoms with Crippen molar-refractivity contribution in [2.45, 2.75) is 64.1 Å². The van der Waals surface area contributed by atoms with Crippen molar-refractivity contribution >= 4 is 39.1 Å². The number of rotatable bonds is 13. The predicted octanol–water partition coefficient (Wildman–Crippen LogP) is 5.59. The highest BCUT2D eigenvalue weighted by molar-refractivity contribution is 7.92. The summed E-state index contributed by atoms with van der Waals surface area (Å²) in [5.74, 6) is -0.184. The lowest BCUT2D eigenvalue weighted by molar-refractivity contribution is -0.140. The standard InChI is InChI=1S/C33H40ClN3O5S/c1-3-42-29-20-18-28(19-21-29)37(43(2,40)41)24-32(38)36(23-26-14-10-11-17-30(26)34)31(22-25-12-6-4-7-13-25)33(39)35-27-15-8-5-9-16-27/h4,6-7,10-14,17-21,27,31H,3,5,8-9,15-16,22-24H2,1-2H3,(H,35,39). The van der Waals surface area contributed by atoms with Crippen LogP contribution in [-0.4, -0.2) is 56.6 Å². The van der Waals surface area contributed by atoms with E-state index in [0.717, 1.165) is 48.2 Å². The van der Waals surface area contributed by atoms with Gasteiger partial charge in [0.05, 0.1) is 18.6 Å². The van der Waals surface area contributed by atoms with Gasteiger partial charge < -0.3 is 15.0 Å². The van der Waals surface area contributed by atoms with Crippen LogP contribution in [0.1, 0.15) is 50.2 Å². The first-order valence-corrected chi connectivity index (χ1v) is 17.0. The summed E-state index contributed by atoms with van der Waals surface area (Å²) in [5, 5.41) is 3.65. The van der Waals surface area contributed by atoms with E-state index in [1.807, 2.05) is 49.4 Å². The van der Waals surface area contributed by atoms with E-state index in [2.05, 4.69) is 5.32 Å². The zero-order chi connectivity index (χ0) is 30.8. The van der Waals surface area contributed by atoms with Crippen molar-refractivity contribution in [1.82, 2.24) is 10.2 Å². The molecule has 0 spiro atoms. The van der Waals surface area contributed by atoms with Crippen LogP contribution in [-0.2, 0) is 32.6 Å². The average molecular weight is 626 g/mol. The van der Waals surface area contributed by atoms with E-state index >= 15 is 0 Å².